The number of rotatable bonds is 6. The first kappa shape index (κ1) is 13.4. The smallest absolute Gasteiger partial charge is 0.215 e. The van der Waals surface area contributed by atoms with E-state index in [0.29, 0.717) is 13.1 Å². The summed E-state index contributed by atoms with van der Waals surface area (Å²) < 4.78 is 12.6. The molecule has 0 bridgehead atoms. The minimum atomic E-state index is 0.580. The van der Waals surface area contributed by atoms with Gasteiger partial charge in [0, 0.05) is 11.1 Å². The van der Waals surface area contributed by atoms with E-state index >= 15 is 0 Å². The molecular formula is C14H19N3O2. The van der Waals surface area contributed by atoms with E-state index in [2.05, 4.69) is 5.10 Å². The van der Waals surface area contributed by atoms with Crippen LogP contribution >= 0.6 is 0 Å². The molecule has 0 saturated carbocycles. The maximum absolute atomic E-state index is 5.58. The van der Waals surface area contributed by atoms with Crippen LogP contribution in [-0.2, 0) is 13.0 Å². The van der Waals surface area contributed by atoms with E-state index in [0.717, 1.165) is 29.2 Å². The zero-order chi connectivity index (χ0) is 13.7. The van der Waals surface area contributed by atoms with Crippen LogP contribution in [0.4, 0.5) is 0 Å². The normalized spacial score (nSPS) is 10.5. The van der Waals surface area contributed by atoms with Crippen LogP contribution in [0.1, 0.15) is 11.1 Å². The molecule has 2 aromatic rings. The number of methoxy groups -OCH3 is 2. The highest BCUT2D eigenvalue weighted by Crippen LogP contribution is 2.23. The topological polar surface area (TPSA) is 62.3 Å². The minimum Gasteiger partial charge on any atom is -0.496 e. The molecule has 0 unspecified atom stereocenters. The second-order valence-corrected chi connectivity index (χ2v) is 4.19. The molecule has 5 nitrogen and oxygen atoms in total. The Hall–Kier alpha value is -2.01. The van der Waals surface area contributed by atoms with Crippen molar-refractivity contribution in [3.05, 3.63) is 41.6 Å². The Kier molecular flexibility index (Phi) is 4.41. The van der Waals surface area contributed by atoms with Crippen LogP contribution in [0.2, 0.25) is 0 Å². The second kappa shape index (κ2) is 6.24. The molecule has 0 spiro atoms. The molecule has 102 valence electrons. The van der Waals surface area contributed by atoms with E-state index in [4.69, 9.17) is 15.2 Å². The second-order valence-electron chi connectivity index (χ2n) is 4.19. The lowest BCUT2D eigenvalue weighted by Crippen LogP contribution is -2.07. The van der Waals surface area contributed by atoms with Gasteiger partial charge in [-0.25, -0.2) is 4.68 Å². The van der Waals surface area contributed by atoms with Crippen molar-refractivity contribution in [2.75, 3.05) is 20.8 Å². The molecule has 0 atom stereocenters. The Balaban J connectivity index is 2.28. The van der Waals surface area contributed by atoms with E-state index < -0.39 is 0 Å². The summed E-state index contributed by atoms with van der Waals surface area (Å²) in [6.45, 7) is 1.19. The molecule has 1 aromatic carbocycles. The Bertz CT molecular complexity index is 537. The average Bonchev–Trinajstić information content (AvgIpc) is 2.82. The summed E-state index contributed by atoms with van der Waals surface area (Å²) in [5.41, 5.74) is 7.67. The van der Waals surface area contributed by atoms with Gasteiger partial charge in [-0.05, 0) is 19.0 Å². The van der Waals surface area contributed by atoms with E-state index in [9.17, 15) is 0 Å². The molecule has 0 aliphatic heterocycles. The maximum Gasteiger partial charge on any atom is 0.215 e. The number of nitrogens with zero attached hydrogens (tertiary/aromatic N) is 2. The lowest BCUT2D eigenvalue weighted by Gasteiger charge is -2.11. The third kappa shape index (κ3) is 2.88. The van der Waals surface area contributed by atoms with Crippen LogP contribution in [-0.4, -0.2) is 30.5 Å². The number of hydrogen-bond donors (Lipinski definition) is 1. The lowest BCUT2D eigenvalue weighted by atomic mass is 10.2. The van der Waals surface area contributed by atoms with Gasteiger partial charge in [-0.1, -0.05) is 18.2 Å². The summed E-state index contributed by atoms with van der Waals surface area (Å²) in [7, 11) is 3.31. The SMILES string of the molecule is COc1ccccc1Cn1ncc(CCN)c1OC. The summed E-state index contributed by atoms with van der Waals surface area (Å²) in [6.07, 6.45) is 2.57. The molecule has 0 saturated heterocycles. The van der Waals surface area contributed by atoms with Gasteiger partial charge in [-0.15, -0.1) is 0 Å². The van der Waals surface area contributed by atoms with Gasteiger partial charge in [-0.2, -0.15) is 5.10 Å². The first-order valence-corrected chi connectivity index (χ1v) is 6.20. The first-order chi connectivity index (χ1) is 9.30. The average molecular weight is 261 g/mol. The highest BCUT2D eigenvalue weighted by molar-refractivity contribution is 5.34. The van der Waals surface area contributed by atoms with Gasteiger partial charge in [0.05, 0.1) is 27.0 Å². The van der Waals surface area contributed by atoms with Crippen molar-refractivity contribution >= 4 is 0 Å². The fraction of sp³-hybridized carbons (Fsp3) is 0.357. The van der Waals surface area contributed by atoms with E-state index in [1.54, 1.807) is 20.4 Å². The van der Waals surface area contributed by atoms with Crippen molar-refractivity contribution in [2.45, 2.75) is 13.0 Å². The van der Waals surface area contributed by atoms with E-state index in [-0.39, 0.29) is 0 Å². The molecule has 0 aliphatic rings. The van der Waals surface area contributed by atoms with Crippen LogP contribution < -0.4 is 15.2 Å². The van der Waals surface area contributed by atoms with Crippen LogP contribution in [0.25, 0.3) is 0 Å². The van der Waals surface area contributed by atoms with Gasteiger partial charge in [0.1, 0.15) is 5.75 Å². The molecule has 0 aliphatic carbocycles. The van der Waals surface area contributed by atoms with Crippen LogP contribution in [0.15, 0.2) is 30.5 Å². The highest BCUT2D eigenvalue weighted by atomic mass is 16.5. The number of ether oxygens (including phenoxy) is 2. The number of nitrogens with two attached hydrogens (primary N) is 1. The van der Waals surface area contributed by atoms with Crippen molar-refractivity contribution in [3.8, 4) is 11.6 Å². The largest absolute Gasteiger partial charge is 0.496 e. The molecule has 0 radical (unpaired) electrons. The number of para-hydroxylation sites is 1. The predicted molar refractivity (Wildman–Crippen MR) is 73.6 cm³/mol. The number of benzene rings is 1. The molecule has 0 amide bonds. The summed E-state index contributed by atoms with van der Waals surface area (Å²) in [6, 6.07) is 7.88. The molecule has 1 heterocycles. The monoisotopic (exact) mass is 261 g/mol. The summed E-state index contributed by atoms with van der Waals surface area (Å²) in [5, 5.41) is 4.36. The maximum atomic E-state index is 5.58. The molecule has 2 rings (SSSR count). The fourth-order valence-corrected chi connectivity index (χ4v) is 2.08. The molecule has 5 heteroatoms. The van der Waals surface area contributed by atoms with Crippen LogP contribution in [0, 0.1) is 0 Å². The fourth-order valence-electron chi connectivity index (χ4n) is 2.08. The third-order valence-corrected chi connectivity index (χ3v) is 2.98. The number of hydrogen-bond acceptors (Lipinski definition) is 4. The van der Waals surface area contributed by atoms with Gasteiger partial charge in [0.25, 0.3) is 0 Å². The van der Waals surface area contributed by atoms with Crippen LogP contribution in [0.5, 0.6) is 11.6 Å². The van der Waals surface area contributed by atoms with Gasteiger partial charge in [-0.3, -0.25) is 0 Å². The predicted octanol–water partition coefficient (Wildman–Crippen LogP) is 1.45. The van der Waals surface area contributed by atoms with Crippen molar-refractivity contribution < 1.29 is 9.47 Å². The lowest BCUT2D eigenvalue weighted by molar-refractivity contribution is 0.359. The van der Waals surface area contributed by atoms with Crippen molar-refractivity contribution in [2.24, 2.45) is 5.73 Å². The van der Waals surface area contributed by atoms with Crippen molar-refractivity contribution in [1.29, 1.82) is 0 Å². The molecule has 19 heavy (non-hydrogen) atoms. The highest BCUT2D eigenvalue weighted by Gasteiger charge is 2.12. The number of aromatic nitrogens is 2. The standard InChI is InChI=1S/C14H19N3O2/c1-18-13-6-4-3-5-12(13)10-17-14(19-2)11(7-8-15)9-16-17/h3-6,9H,7-8,10,15H2,1-2H3. The van der Waals surface area contributed by atoms with Gasteiger partial charge >= 0.3 is 0 Å². The molecular weight excluding hydrogens is 242 g/mol. The zero-order valence-corrected chi connectivity index (χ0v) is 11.3. The van der Waals surface area contributed by atoms with Gasteiger partial charge in [0.15, 0.2) is 0 Å². The van der Waals surface area contributed by atoms with Gasteiger partial charge < -0.3 is 15.2 Å². The summed E-state index contributed by atoms with van der Waals surface area (Å²) in [5.74, 6) is 1.61. The Morgan fingerprint density at radius 2 is 1.95 bits per heavy atom. The molecule has 1 aromatic heterocycles. The summed E-state index contributed by atoms with van der Waals surface area (Å²) >= 11 is 0. The zero-order valence-electron chi connectivity index (χ0n) is 11.3. The van der Waals surface area contributed by atoms with E-state index in [1.165, 1.54) is 0 Å². The Labute approximate surface area is 112 Å². The molecule has 2 N–H and O–H groups in total. The summed E-state index contributed by atoms with van der Waals surface area (Å²) in [4.78, 5) is 0. The first-order valence-electron chi connectivity index (χ1n) is 6.20. The van der Waals surface area contributed by atoms with Gasteiger partial charge in [0.2, 0.25) is 5.88 Å². The Morgan fingerprint density at radius 1 is 1.16 bits per heavy atom. The quantitative estimate of drug-likeness (QED) is 0.855. The molecule has 0 fully saturated rings. The van der Waals surface area contributed by atoms with Crippen LogP contribution in [0.3, 0.4) is 0 Å². The van der Waals surface area contributed by atoms with Crippen molar-refractivity contribution in [1.82, 2.24) is 9.78 Å². The van der Waals surface area contributed by atoms with Crippen molar-refractivity contribution in [3.63, 3.8) is 0 Å². The Morgan fingerprint density at radius 3 is 2.63 bits per heavy atom. The minimum absolute atomic E-state index is 0.580. The third-order valence-electron chi connectivity index (χ3n) is 2.98. The van der Waals surface area contributed by atoms with E-state index in [1.807, 2.05) is 28.9 Å².